The number of hydrogen-bond donors (Lipinski definition) is 1. The first-order chi connectivity index (χ1) is 8.65. The van der Waals surface area contributed by atoms with Gasteiger partial charge in [0.05, 0.1) is 4.47 Å². The van der Waals surface area contributed by atoms with Crippen molar-refractivity contribution in [1.29, 1.82) is 0 Å². The van der Waals surface area contributed by atoms with E-state index >= 15 is 0 Å². The highest BCUT2D eigenvalue weighted by molar-refractivity contribution is 9.10. The van der Waals surface area contributed by atoms with Crippen LogP contribution >= 0.6 is 27.3 Å². The van der Waals surface area contributed by atoms with Crippen molar-refractivity contribution in [3.63, 3.8) is 0 Å². The molecule has 18 heavy (non-hydrogen) atoms. The summed E-state index contributed by atoms with van der Waals surface area (Å²) in [7, 11) is 0. The average Bonchev–Trinajstić information content (AvgIpc) is 2.84. The summed E-state index contributed by atoms with van der Waals surface area (Å²) in [6, 6.07) is 8.16. The van der Waals surface area contributed by atoms with Gasteiger partial charge in [0.1, 0.15) is 5.82 Å². The zero-order valence-electron chi connectivity index (χ0n) is 9.19. The number of carbonyl (C=O) groups excluding carboxylic acids is 1. The van der Waals surface area contributed by atoms with Crippen LogP contribution in [0.4, 0.5) is 10.1 Å². The van der Waals surface area contributed by atoms with Gasteiger partial charge >= 0.3 is 0 Å². The maximum atomic E-state index is 13.0. The normalized spacial score (nSPS) is 10.8. The molecule has 0 aliphatic rings. The van der Waals surface area contributed by atoms with E-state index in [9.17, 15) is 9.18 Å². The largest absolute Gasteiger partial charge is 0.322 e. The zero-order valence-corrected chi connectivity index (χ0v) is 11.6. The van der Waals surface area contributed by atoms with Gasteiger partial charge in [-0.1, -0.05) is 6.07 Å². The molecule has 92 valence electrons. The summed E-state index contributed by atoms with van der Waals surface area (Å²) in [5.74, 6) is -0.607. The average molecular weight is 326 g/mol. The van der Waals surface area contributed by atoms with E-state index in [0.29, 0.717) is 10.2 Å². The Bertz CT molecular complexity index is 581. The van der Waals surface area contributed by atoms with Crippen LogP contribution in [0.5, 0.6) is 0 Å². The highest BCUT2D eigenvalue weighted by Crippen LogP contribution is 2.20. The third kappa shape index (κ3) is 3.51. The molecule has 0 saturated heterocycles. The van der Waals surface area contributed by atoms with Crippen molar-refractivity contribution in [3.8, 4) is 0 Å². The van der Waals surface area contributed by atoms with E-state index in [-0.39, 0.29) is 11.7 Å². The number of nitrogens with one attached hydrogen (secondary N) is 1. The molecule has 0 unspecified atom stereocenters. The van der Waals surface area contributed by atoms with E-state index in [0.717, 1.165) is 4.88 Å². The van der Waals surface area contributed by atoms with Gasteiger partial charge in [-0.05, 0) is 51.7 Å². The summed E-state index contributed by atoms with van der Waals surface area (Å²) < 4.78 is 13.3. The van der Waals surface area contributed by atoms with Gasteiger partial charge in [0.15, 0.2) is 0 Å². The van der Waals surface area contributed by atoms with E-state index < -0.39 is 0 Å². The Labute approximate surface area is 116 Å². The lowest BCUT2D eigenvalue weighted by atomic mass is 10.3. The zero-order chi connectivity index (χ0) is 13.0. The van der Waals surface area contributed by atoms with Crippen molar-refractivity contribution in [1.82, 2.24) is 0 Å². The minimum absolute atomic E-state index is 0.248. The number of thiophene rings is 1. The Morgan fingerprint density at radius 3 is 2.89 bits per heavy atom. The second-order valence-corrected chi connectivity index (χ2v) is 5.30. The molecule has 2 rings (SSSR count). The predicted octanol–water partition coefficient (Wildman–Crippen LogP) is 4.30. The molecule has 0 radical (unpaired) electrons. The van der Waals surface area contributed by atoms with Gasteiger partial charge < -0.3 is 5.32 Å². The smallest absolute Gasteiger partial charge is 0.248 e. The molecular formula is C13H9BrFNOS. The fourth-order valence-electron chi connectivity index (χ4n) is 1.30. The van der Waals surface area contributed by atoms with Crippen LogP contribution in [0.25, 0.3) is 6.08 Å². The number of benzene rings is 1. The lowest BCUT2D eigenvalue weighted by Gasteiger charge is -2.02. The van der Waals surface area contributed by atoms with Crippen LogP contribution in [0.15, 0.2) is 46.3 Å². The molecule has 1 N–H and O–H groups in total. The predicted molar refractivity (Wildman–Crippen MR) is 76.1 cm³/mol. The lowest BCUT2D eigenvalue weighted by molar-refractivity contribution is -0.111. The topological polar surface area (TPSA) is 29.1 Å². The number of carbonyl (C=O) groups is 1. The molecule has 5 heteroatoms. The molecule has 0 bridgehead atoms. The second kappa shape index (κ2) is 5.93. The molecule has 0 aliphatic carbocycles. The maximum Gasteiger partial charge on any atom is 0.248 e. The molecule has 2 nitrogen and oxygen atoms in total. The number of amides is 1. The highest BCUT2D eigenvalue weighted by atomic mass is 79.9. The molecule has 0 aliphatic heterocycles. The van der Waals surface area contributed by atoms with Crippen LogP contribution < -0.4 is 5.32 Å². The van der Waals surface area contributed by atoms with Gasteiger partial charge in [0.25, 0.3) is 0 Å². The molecule has 1 heterocycles. The van der Waals surface area contributed by atoms with Gasteiger partial charge in [-0.2, -0.15) is 0 Å². The molecule has 0 spiro atoms. The van der Waals surface area contributed by atoms with Crippen molar-refractivity contribution >= 4 is 44.9 Å². The Hall–Kier alpha value is -1.46. The molecule has 1 amide bonds. The van der Waals surface area contributed by atoms with Crippen molar-refractivity contribution in [2.24, 2.45) is 0 Å². The summed E-state index contributed by atoms with van der Waals surface area (Å²) in [6.45, 7) is 0. The first kappa shape index (κ1) is 13.0. The van der Waals surface area contributed by atoms with Crippen molar-refractivity contribution in [3.05, 3.63) is 57.0 Å². The van der Waals surface area contributed by atoms with E-state index in [2.05, 4.69) is 21.2 Å². The minimum Gasteiger partial charge on any atom is -0.322 e. The van der Waals surface area contributed by atoms with E-state index in [4.69, 9.17) is 0 Å². The maximum absolute atomic E-state index is 13.0. The standard InChI is InChI=1S/C13H9BrFNOS/c14-11-8-9(3-5-12(11)15)16-13(17)6-4-10-2-1-7-18-10/h1-8H,(H,16,17)/b6-4+. The van der Waals surface area contributed by atoms with Crippen molar-refractivity contribution in [2.75, 3.05) is 5.32 Å². The number of anilines is 1. The summed E-state index contributed by atoms with van der Waals surface area (Å²) in [6.07, 6.45) is 3.18. The monoisotopic (exact) mass is 325 g/mol. The number of hydrogen-bond acceptors (Lipinski definition) is 2. The molecule has 0 saturated carbocycles. The van der Waals surface area contributed by atoms with E-state index in [1.54, 1.807) is 17.4 Å². The van der Waals surface area contributed by atoms with Gasteiger partial charge in [-0.15, -0.1) is 11.3 Å². The van der Waals surface area contributed by atoms with E-state index in [1.165, 1.54) is 24.3 Å². The lowest BCUT2D eigenvalue weighted by Crippen LogP contribution is -2.07. The van der Waals surface area contributed by atoms with Crippen LogP contribution in [0, 0.1) is 5.82 Å². The molecule has 2 aromatic rings. The van der Waals surface area contributed by atoms with Crippen LogP contribution in [-0.4, -0.2) is 5.91 Å². The fourth-order valence-corrected chi connectivity index (χ4v) is 2.30. The quantitative estimate of drug-likeness (QED) is 0.837. The fraction of sp³-hybridized carbons (Fsp3) is 0. The van der Waals surface area contributed by atoms with E-state index in [1.807, 2.05) is 17.5 Å². The summed E-state index contributed by atoms with van der Waals surface area (Å²) in [5, 5.41) is 4.59. The third-order valence-corrected chi connectivity index (χ3v) is 3.57. The molecule has 1 aromatic carbocycles. The van der Waals surface area contributed by atoms with Gasteiger partial charge in [-0.3, -0.25) is 4.79 Å². The molecule has 0 atom stereocenters. The third-order valence-electron chi connectivity index (χ3n) is 2.13. The second-order valence-electron chi connectivity index (χ2n) is 3.47. The summed E-state index contributed by atoms with van der Waals surface area (Å²) in [4.78, 5) is 12.6. The first-order valence-electron chi connectivity index (χ1n) is 5.13. The number of rotatable bonds is 3. The van der Waals surface area contributed by atoms with Crippen LogP contribution in [0.2, 0.25) is 0 Å². The van der Waals surface area contributed by atoms with Crippen LogP contribution in [0.3, 0.4) is 0 Å². The van der Waals surface area contributed by atoms with Gasteiger partial charge in [-0.25, -0.2) is 4.39 Å². The Morgan fingerprint density at radius 1 is 1.39 bits per heavy atom. The summed E-state index contributed by atoms with van der Waals surface area (Å²) in [5.41, 5.74) is 0.545. The first-order valence-corrected chi connectivity index (χ1v) is 6.80. The van der Waals surface area contributed by atoms with Crippen molar-refractivity contribution in [2.45, 2.75) is 0 Å². The highest BCUT2D eigenvalue weighted by Gasteiger charge is 2.02. The molecular weight excluding hydrogens is 317 g/mol. The number of halogens is 2. The summed E-state index contributed by atoms with van der Waals surface area (Å²) >= 11 is 4.62. The minimum atomic E-state index is -0.359. The van der Waals surface area contributed by atoms with Gasteiger partial charge in [0.2, 0.25) is 5.91 Å². The Morgan fingerprint density at radius 2 is 2.22 bits per heavy atom. The Kier molecular flexibility index (Phi) is 4.28. The van der Waals surface area contributed by atoms with Crippen LogP contribution in [0.1, 0.15) is 4.88 Å². The van der Waals surface area contributed by atoms with Crippen LogP contribution in [-0.2, 0) is 4.79 Å². The van der Waals surface area contributed by atoms with Crippen molar-refractivity contribution < 1.29 is 9.18 Å². The Balaban J connectivity index is 2.01. The molecule has 0 fully saturated rings. The SMILES string of the molecule is O=C(/C=C/c1cccs1)Nc1ccc(F)c(Br)c1. The molecule has 1 aromatic heterocycles. The van der Waals surface area contributed by atoms with Gasteiger partial charge in [0, 0.05) is 16.6 Å².